The maximum Gasteiger partial charge on any atom is 0.330 e. The van der Waals surface area contributed by atoms with Crippen LogP contribution in [-0.4, -0.2) is 255 Å². The highest BCUT2D eigenvalue weighted by Gasteiger charge is 2.47. The van der Waals surface area contributed by atoms with Crippen LogP contribution in [0.25, 0.3) is 0 Å². The summed E-state index contributed by atoms with van der Waals surface area (Å²) in [5, 5.41) is 82.2. The van der Waals surface area contributed by atoms with Crippen molar-refractivity contribution < 1.29 is 59.8 Å². The number of allylic oxidation sites excluding steroid dienone is 2. The Morgan fingerprint density at radius 1 is 0.388 bits per heavy atom. The number of rotatable bonds is 26. The second-order valence-electron chi connectivity index (χ2n) is 28.4. The van der Waals surface area contributed by atoms with Gasteiger partial charge in [0, 0.05) is 47.0 Å². The maximum absolute atomic E-state index is 12.2. The SMILES string of the molecule is C=CCCc1cn(C2O[C@H](CCP(=C)(C)C)[C@@H](O)[C@H]2O)c(=O)[nH]c1=O.C=CCc1cn(C2O[C@H](CCP(=C)(C)C)[C@@H](O)[C@H]2O)c(=O)[nH]c1=O.C=P(C)(C)CC[C@H]1OC(n2cc(CCC)c(=O)[nH]c2=O)[C@H](O)[C@@H]1O.C=P(C)(C)CC[C@H]1OC(n2cc(CCCC)c(=O)[nH]c2=O)[C@H](O)[C@@H]1O. The molecular formula is C66H108N8O20P4. The van der Waals surface area contributed by atoms with Gasteiger partial charge in [0.15, 0.2) is 24.9 Å². The van der Waals surface area contributed by atoms with E-state index in [1.54, 1.807) is 12.2 Å². The van der Waals surface area contributed by atoms with Gasteiger partial charge in [0.2, 0.25) is 0 Å². The number of aromatic nitrogens is 8. The monoisotopic (exact) mass is 1460 g/mol. The first kappa shape index (κ1) is 83.6. The van der Waals surface area contributed by atoms with Crippen LogP contribution >= 0.6 is 27.5 Å². The lowest BCUT2D eigenvalue weighted by Gasteiger charge is -2.19. The predicted octanol–water partition coefficient (Wildman–Crippen LogP) is 1.16. The summed E-state index contributed by atoms with van der Waals surface area (Å²) in [7, 11) is 0. The molecule has 32 heteroatoms. The largest absolute Gasteiger partial charge is 0.388 e. The summed E-state index contributed by atoms with van der Waals surface area (Å²) < 4.78 is 27.6. The average Bonchev–Trinajstić information content (AvgIpc) is 1.67. The normalized spacial score (nSPS) is 27.1. The van der Waals surface area contributed by atoms with Crippen molar-refractivity contribution in [3.05, 3.63) is 156 Å². The number of hydrogen-bond acceptors (Lipinski definition) is 20. The molecule has 0 radical (unpaired) electrons. The molecule has 0 saturated carbocycles. The number of H-pyrrole nitrogens is 4. The number of aliphatic hydroxyl groups is 8. The summed E-state index contributed by atoms with van der Waals surface area (Å²) >= 11 is 0. The third kappa shape index (κ3) is 23.5. The van der Waals surface area contributed by atoms with Crippen molar-refractivity contribution in [2.24, 2.45) is 0 Å². The number of nitrogens with one attached hydrogen (secondary N) is 4. The van der Waals surface area contributed by atoms with Crippen LogP contribution in [0.5, 0.6) is 0 Å². The molecule has 98 heavy (non-hydrogen) atoms. The molecule has 4 aromatic rings. The van der Waals surface area contributed by atoms with Gasteiger partial charge in [0.05, 0.1) is 24.4 Å². The molecule has 12 N–H and O–H groups in total. The third-order valence-corrected chi connectivity index (χ3v) is 22.9. The lowest BCUT2D eigenvalue weighted by Crippen LogP contribution is -2.38. The van der Waals surface area contributed by atoms with Gasteiger partial charge in [-0.2, -0.15) is 0 Å². The minimum absolute atomic E-state index is 0.282. The maximum atomic E-state index is 12.2. The fourth-order valence-corrected chi connectivity index (χ4v) is 15.1. The smallest absolute Gasteiger partial charge is 0.330 e. The Labute approximate surface area is 571 Å². The molecule has 28 nitrogen and oxygen atoms in total. The summed E-state index contributed by atoms with van der Waals surface area (Å²) in [6.45, 7) is 22.7. The number of aryl methyl sites for hydroxylation is 3. The molecule has 4 aliphatic heterocycles. The lowest BCUT2D eigenvalue weighted by molar-refractivity contribution is -0.0404. The molecule has 4 aromatic heterocycles. The van der Waals surface area contributed by atoms with E-state index in [-0.39, 0.29) is 6.42 Å². The minimum Gasteiger partial charge on any atom is -0.388 e. The third-order valence-electron chi connectivity index (χ3n) is 17.0. The molecule has 0 amide bonds. The second kappa shape index (κ2) is 36.2. The van der Waals surface area contributed by atoms with Crippen molar-refractivity contribution in [1.29, 1.82) is 0 Å². The van der Waals surface area contributed by atoms with Crippen LogP contribution in [0.2, 0.25) is 0 Å². The number of aliphatic hydroxyl groups excluding tert-OH is 8. The Bertz CT molecular complexity index is 4050. The number of unbranched alkanes of at least 4 members (excludes halogenated alkanes) is 1. The zero-order valence-electron chi connectivity index (χ0n) is 58.3. The van der Waals surface area contributed by atoms with E-state index >= 15 is 0 Å². The van der Waals surface area contributed by atoms with Crippen molar-refractivity contribution in [2.75, 3.05) is 78.0 Å². The van der Waals surface area contributed by atoms with Crippen LogP contribution < -0.4 is 45.0 Å². The van der Waals surface area contributed by atoms with E-state index in [0.717, 1.165) is 53.0 Å². The van der Waals surface area contributed by atoms with E-state index < -0.39 is 171 Å². The van der Waals surface area contributed by atoms with E-state index in [2.05, 4.69) is 112 Å². The Balaban J connectivity index is 0.000000236. The Morgan fingerprint density at radius 2 is 0.643 bits per heavy atom. The van der Waals surface area contributed by atoms with E-state index in [4.69, 9.17) is 18.9 Å². The van der Waals surface area contributed by atoms with Crippen LogP contribution in [-0.2, 0) is 44.6 Å². The first-order chi connectivity index (χ1) is 45.5. The summed E-state index contributed by atoms with van der Waals surface area (Å²) in [6, 6.07) is 0. The van der Waals surface area contributed by atoms with Crippen LogP contribution in [0.4, 0.5) is 0 Å². The minimum atomic E-state index is -1.29. The predicted molar refractivity (Wildman–Crippen MR) is 396 cm³/mol. The fraction of sp³-hybridized carbons (Fsp3) is 0.636. The van der Waals surface area contributed by atoms with Crippen molar-refractivity contribution in [1.82, 2.24) is 38.2 Å². The quantitative estimate of drug-likeness (QED) is 0.0310. The Morgan fingerprint density at radius 3 is 0.888 bits per heavy atom. The molecule has 552 valence electrons. The molecule has 0 aliphatic carbocycles. The van der Waals surface area contributed by atoms with Crippen molar-refractivity contribution >= 4 is 52.7 Å². The molecule has 8 rings (SSSR count). The molecule has 4 fully saturated rings. The summed E-state index contributed by atoms with van der Waals surface area (Å²) in [5.74, 6) is 0. The molecule has 8 heterocycles. The van der Waals surface area contributed by atoms with Gasteiger partial charge in [-0.1, -0.05) is 38.8 Å². The van der Waals surface area contributed by atoms with E-state index in [1.807, 2.05) is 13.8 Å². The first-order valence-corrected chi connectivity index (χ1v) is 45.1. The molecule has 4 unspecified atom stereocenters. The van der Waals surface area contributed by atoms with Crippen molar-refractivity contribution in [3.8, 4) is 0 Å². The second-order valence-corrected chi connectivity index (χ2v) is 45.7. The van der Waals surface area contributed by atoms with Crippen LogP contribution in [0.15, 0.2) is 88.5 Å². The van der Waals surface area contributed by atoms with Gasteiger partial charge in [-0.3, -0.25) is 57.4 Å². The zero-order chi connectivity index (χ0) is 73.7. The van der Waals surface area contributed by atoms with Crippen LogP contribution in [0.1, 0.15) is 112 Å². The van der Waals surface area contributed by atoms with Gasteiger partial charge in [-0.25, -0.2) is 19.2 Å². The Kier molecular flexibility index (Phi) is 30.9. The van der Waals surface area contributed by atoms with Crippen LogP contribution in [0, 0.1) is 0 Å². The van der Waals surface area contributed by atoms with Gasteiger partial charge in [-0.15, -0.1) is 65.9 Å². The topological polar surface area (TPSA) is 418 Å². The molecule has 0 bridgehead atoms. The highest BCUT2D eigenvalue weighted by molar-refractivity contribution is 7.73. The molecule has 4 aliphatic rings. The number of hydrogen-bond donors (Lipinski definition) is 12. The van der Waals surface area contributed by atoms with Gasteiger partial charge < -0.3 is 59.8 Å². The molecular weight excluding hydrogens is 1350 g/mol. The lowest BCUT2D eigenvalue weighted by atomic mass is 10.1. The first-order valence-electron chi connectivity index (χ1n) is 32.9. The molecule has 16 atom stereocenters. The van der Waals surface area contributed by atoms with Gasteiger partial charge in [-0.05, 0) is 142 Å². The number of nitrogens with zero attached hydrogens (tertiary/aromatic N) is 4. The molecule has 0 spiro atoms. The molecule has 4 saturated heterocycles. The van der Waals surface area contributed by atoms with Gasteiger partial charge in [0.25, 0.3) is 22.2 Å². The number of aromatic amines is 4. The average molecular weight is 1460 g/mol. The standard InChI is InChI=1S/C17H29N2O5P.C17H27N2O5P.C16H27N2O5P.C16H25N2O5P/c2*1-5-6-7-11-10-19(17(23)18-15(11)22)16-14(21)13(20)12(24-16)8-9-25(2,3)4;2*1-5-6-10-9-18(16(22)17-14(10)21)15-13(20)12(19)11(23-15)7-8-24(2,3)4/h10,12-14,16,20-21H,2,5-9H2,1,3-4H3,(H,18,22,23);5,10,12-14,16,20-21H,1-2,6-9H2,3-4H3,(H,18,22,23);9,11-13,15,19-20H,2,5-8H2,1,3-4H3,(H,17,21,22);5,9,11-13,15,19-20H,1-2,6-8H2,3-4H3,(H,17,21,22)/t2*12-,13-,14-,16?;2*11-,12-,13-,15?/m1111/s1. The highest BCUT2D eigenvalue weighted by atomic mass is 31.2. The van der Waals surface area contributed by atoms with Crippen molar-refractivity contribution in [3.63, 3.8) is 0 Å². The van der Waals surface area contributed by atoms with E-state index in [9.17, 15) is 79.2 Å². The summed E-state index contributed by atoms with van der Waals surface area (Å²) in [6.07, 6.45) is 20.1. The van der Waals surface area contributed by atoms with Crippen LogP contribution in [0.3, 0.4) is 0 Å². The van der Waals surface area contributed by atoms with E-state index in [1.165, 1.54) is 33.9 Å². The van der Waals surface area contributed by atoms with Crippen molar-refractivity contribution in [2.45, 2.75) is 189 Å². The molecule has 0 aromatic carbocycles. The zero-order valence-corrected chi connectivity index (χ0v) is 61.9. The fourth-order valence-electron chi connectivity index (χ4n) is 11.3. The van der Waals surface area contributed by atoms with E-state index in [0.29, 0.717) is 73.6 Å². The highest BCUT2D eigenvalue weighted by Crippen LogP contribution is 2.43. The number of ether oxygens (including phenoxy) is 4. The van der Waals surface area contributed by atoms with Gasteiger partial charge >= 0.3 is 22.8 Å². The van der Waals surface area contributed by atoms with Gasteiger partial charge in [0.1, 0.15) is 48.8 Å². The Hall–Kier alpha value is -5.08. The summed E-state index contributed by atoms with van der Waals surface area (Å²) in [4.78, 5) is 105. The summed E-state index contributed by atoms with van der Waals surface area (Å²) in [5.41, 5.74) is -2.79.